The number of rotatable bonds is 3. The van der Waals surface area contributed by atoms with Crippen LogP contribution >= 0.6 is 0 Å². The third-order valence-corrected chi connectivity index (χ3v) is 7.37. The molecule has 1 aliphatic carbocycles. The fourth-order valence-corrected chi connectivity index (χ4v) is 6.01. The topological polar surface area (TPSA) is 35.5 Å². The van der Waals surface area contributed by atoms with Crippen LogP contribution in [0.25, 0.3) is 10.8 Å². The van der Waals surface area contributed by atoms with Crippen LogP contribution in [0.3, 0.4) is 0 Å². The lowest BCUT2D eigenvalue weighted by molar-refractivity contribution is -0.261. The van der Waals surface area contributed by atoms with Crippen molar-refractivity contribution in [1.82, 2.24) is 0 Å². The Labute approximate surface area is 161 Å². The molecule has 1 spiro atoms. The van der Waals surface area contributed by atoms with Gasteiger partial charge in [0.15, 0.2) is 0 Å². The molecule has 5 rings (SSSR count). The molecule has 3 nitrogen and oxygen atoms in total. The first-order valence-electron chi connectivity index (χ1n) is 10.4. The van der Waals surface area contributed by atoms with Crippen molar-refractivity contribution in [1.29, 1.82) is 0 Å². The van der Waals surface area contributed by atoms with E-state index in [-0.39, 0.29) is 17.8 Å². The molecule has 1 saturated carbocycles. The summed E-state index contributed by atoms with van der Waals surface area (Å²) >= 11 is 0. The van der Waals surface area contributed by atoms with Gasteiger partial charge in [0, 0.05) is 23.8 Å². The molecule has 2 bridgehead atoms. The summed E-state index contributed by atoms with van der Waals surface area (Å²) in [5.74, 6) is 2.27. The van der Waals surface area contributed by atoms with Crippen molar-refractivity contribution in [3.8, 4) is 5.75 Å². The van der Waals surface area contributed by atoms with Gasteiger partial charge in [-0.15, -0.1) is 0 Å². The van der Waals surface area contributed by atoms with E-state index in [0.29, 0.717) is 24.2 Å². The van der Waals surface area contributed by atoms with Crippen LogP contribution in [0.4, 0.5) is 0 Å². The Balaban J connectivity index is 1.63. The zero-order valence-corrected chi connectivity index (χ0v) is 16.4. The molecule has 142 valence electrons. The molecule has 2 aliphatic heterocycles. The van der Waals surface area contributed by atoms with Crippen LogP contribution in [0.15, 0.2) is 36.4 Å². The molecule has 2 aromatic carbocycles. The van der Waals surface area contributed by atoms with Gasteiger partial charge in [-0.05, 0) is 54.9 Å². The van der Waals surface area contributed by atoms with Crippen LogP contribution in [-0.4, -0.2) is 11.6 Å². The van der Waals surface area contributed by atoms with Crippen LogP contribution in [0, 0.1) is 23.7 Å². The number of fused-ring (bicyclic) bond motifs is 5. The Morgan fingerprint density at radius 2 is 1.96 bits per heavy atom. The molecule has 2 fully saturated rings. The molecule has 0 amide bonds. The second kappa shape index (κ2) is 6.07. The highest BCUT2D eigenvalue weighted by atomic mass is 16.7. The predicted molar refractivity (Wildman–Crippen MR) is 106 cm³/mol. The number of ether oxygens (including phenoxy) is 2. The summed E-state index contributed by atoms with van der Waals surface area (Å²) in [6.45, 7) is 6.32. The van der Waals surface area contributed by atoms with E-state index in [0.717, 1.165) is 18.6 Å². The first-order chi connectivity index (χ1) is 13.0. The van der Waals surface area contributed by atoms with Crippen molar-refractivity contribution >= 4 is 16.6 Å². The minimum absolute atomic E-state index is 0.0787. The van der Waals surface area contributed by atoms with Crippen molar-refractivity contribution in [2.75, 3.05) is 0 Å². The van der Waals surface area contributed by atoms with Crippen molar-refractivity contribution in [3.63, 3.8) is 0 Å². The van der Waals surface area contributed by atoms with E-state index in [2.05, 4.69) is 50.2 Å². The minimum Gasteiger partial charge on any atom is -0.461 e. The summed E-state index contributed by atoms with van der Waals surface area (Å²) in [4.78, 5) is 11.7. The Morgan fingerprint density at radius 3 is 2.78 bits per heavy atom. The lowest BCUT2D eigenvalue weighted by Gasteiger charge is -2.49. The molecule has 0 radical (unpaired) electrons. The van der Waals surface area contributed by atoms with Crippen LogP contribution in [-0.2, 0) is 9.53 Å². The predicted octanol–water partition coefficient (Wildman–Crippen LogP) is 5.67. The van der Waals surface area contributed by atoms with E-state index in [4.69, 9.17) is 9.47 Å². The van der Waals surface area contributed by atoms with Crippen molar-refractivity contribution < 1.29 is 14.3 Å². The Hall–Kier alpha value is -1.87. The Kier molecular flexibility index (Phi) is 3.87. The van der Waals surface area contributed by atoms with E-state index in [9.17, 15) is 4.79 Å². The highest BCUT2D eigenvalue weighted by Gasteiger charge is 2.64. The lowest BCUT2D eigenvalue weighted by Crippen LogP contribution is -2.55. The summed E-state index contributed by atoms with van der Waals surface area (Å²) < 4.78 is 13.6. The van der Waals surface area contributed by atoms with E-state index in [1.807, 2.05) is 0 Å². The maximum Gasteiger partial charge on any atom is 0.217 e. The summed E-state index contributed by atoms with van der Waals surface area (Å²) in [6, 6.07) is 12.8. The third-order valence-electron chi connectivity index (χ3n) is 7.37. The second-order valence-corrected chi connectivity index (χ2v) is 8.93. The van der Waals surface area contributed by atoms with Crippen molar-refractivity contribution in [2.45, 2.75) is 58.3 Å². The molecule has 3 aliphatic rings. The van der Waals surface area contributed by atoms with Crippen LogP contribution in [0.1, 0.15) is 58.1 Å². The molecule has 6 atom stereocenters. The smallest absolute Gasteiger partial charge is 0.217 e. The lowest BCUT2D eigenvalue weighted by atomic mass is 9.66. The molecule has 3 heteroatoms. The van der Waals surface area contributed by atoms with Gasteiger partial charge in [-0.3, -0.25) is 0 Å². The van der Waals surface area contributed by atoms with E-state index >= 15 is 0 Å². The number of carbonyl (C=O) groups excluding carboxylic acids is 1. The van der Waals surface area contributed by atoms with Gasteiger partial charge in [0.25, 0.3) is 0 Å². The standard InChI is InChI=1S/C24H28O3/c1-14-8-11-20-16(3)23-22-18-7-5-4-6-17(18)10-13-21(22)26-24(20,27-23)19(14)12-9-15(2)25/h4-7,10,13-14,16,19-20,23H,8-9,11-12H2,1-3H3/t14-,16-,19+,20+,23+,24+/m1/s1. The van der Waals surface area contributed by atoms with Gasteiger partial charge in [-0.2, -0.15) is 0 Å². The number of ketones is 1. The van der Waals surface area contributed by atoms with Gasteiger partial charge >= 0.3 is 0 Å². The van der Waals surface area contributed by atoms with Gasteiger partial charge in [-0.25, -0.2) is 0 Å². The average molecular weight is 364 g/mol. The maximum atomic E-state index is 11.7. The quantitative estimate of drug-likeness (QED) is 0.704. The molecule has 2 aromatic rings. The molecule has 1 saturated heterocycles. The second-order valence-electron chi connectivity index (χ2n) is 8.93. The number of benzene rings is 2. The molecule has 27 heavy (non-hydrogen) atoms. The first-order valence-corrected chi connectivity index (χ1v) is 10.4. The largest absolute Gasteiger partial charge is 0.461 e. The monoisotopic (exact) mass is 364 g/mol. The Morgan fingerprint density at radius 1 is 1.15 bits per heavy atom. The minimum atomic E-state index is -0.563. The molecule has 0 N–H and O–H groups in total. The van der Waals surface area contributed by atoms with Crippen molar-refractivity contribution in [2.24, 2.45) is 23.7 Å². The zero-order valence-electron chi connectivity index (χ0n) is 16.4. The van der Waals surface area contributed by atoms with E-state index < -0.39 is 5.79 Å². The molecular weight excluding hydrogens is 336 g/mol. The van der Waals surface area contributed by atoms with Crippen LogP contribution < -0.4 is 4.74 Å². The summed E-state index contributed by atoms with van der Waals surface area (Å²) in [5, 5.41) is 2.48. The van der Waals surface area contributed by atoms with E-state index in [1.165, 1.54) is 22.8 Å². The zero-order chi connectivity index (χ0) is 18.8. The highest BCUT2D eigenvalue weighted by Crippen LogP contribution is 2.63. The van der Waals surface area contributed by atoms with Gasteiger partial charge in [0.1, 0.15) is 11.5 Å². The first kappa shape index (κ1) is 17.2. The average Bonchev–Trinajstić information content (AvgIpc) is 2.88. The number of hydrogen-bond acceptors (Lipinski definition) is 3. The fourth-order valence-electron chi connectivity index (χ4n) is 6.01. The van der Waals surface area contributed by atoms with Crippen LogP contribution in [0.5, 0.6) is 5.75 Å². The van der Waals surface area contributed by atoms with Crippen molar-refractivity contribution in [3.05, 3.63) is 42.0 Å². The normalized spacial score (nSPS) is 36.8. The Bertz CT molecular complexity index is 904. The summed E-state index contributed by atoms with van der Waals surface area (Å²) in [7, 11) is 0. The molecule has 0 aromatic heterocycles. The molecule has 0 unspecified atom stereocenters. The van der Waals surface area contributed by atoms with E-state index in [1.54, 1.807) is 6.92 Å². The summed E-state index contributed by atoms with van der Waals surface area (Å²) in [5.41, 5.74) is 1.22. The number of Topliss-reactive ketones (excluding diaryl/α,β-unsaturated/α-hetero) is 1. The van der Waals surface area contributed by atoms with Gasteiger partial charge in [0.05, 0.1) is 6.10 Å². The SMILES string of the molecule is CC(=O)CC[C@H]1[C@H](C)CC[C@H]2[C@@H](C)[C@@H]3O[C@]21Oc1ccc2ccccc2c13. The van der Waals surface area contributed by atoms with Gasteiger partial charge < -0.3 is 14.3 Å². The summed E-state index contributed by atoms with van der Waals surface area (Å²) in [6.07, 6.45) is 3.88. The van der Waals surface area contributed by atoms with Gasteiger partial charge in [-0.1, -0.05) is 44.2 Å². The maximum absolute atomic E-state index is 11.7. The van der Waals surface area contributed by atoms with Crippen LogP contribution in [0.2, 0.25) is 0 Å². The number of hydrogen-bond donors (Lipinski definition) is 0. The highest BCUT2D eigenvalue weighted by molar-refractivity contribution is 5.88. The van der Waals surface area contributed by atoms with Gasteiger partial charge in [0.2, 0.25) is 5.79 Å². The molecular formula is C24H28O3. The number of carbonyl (C=O) groups is 1. The third kappa shape index (κ3) is 2.40. The fraction of sp³-hybridized carbons (Fsp3) is 0.542. The molecule has 2 heterocycles.